The summed E-state index contributed by atoms with van der Waals surface area (Å²) in [6.45, 7) is 10.5. The Bertz CT molecular complexity index is 373. The van der Waals surface area contributed by atoms with Gasteiger partial charge in [0.1, 0.15) is 0 Å². The second-order valence-corrected chi connectivity index (χ2v) is 8.04. The zero-order valence-corrected chi connectivity index (χ0v) is 14.4. The number of amides is 1. The van der Waals surface area contributed by atoms with E-state index in [4.69, 9.17) is 0 Å². The first-order valence-corrected chi connectivity index (χ1v) is 9.38. The molecule has 3 rings (SSSR count). The lowest BCUT2D eigenvalue weighted by molar-refractivity contribution is -0.127. The second kappa shape index (κ2) is 7.31. The zero-order chi connectivity index (χ0) is 15.5. The van der Waals surface area contributed by atoms with Crippen LogP contribution in [0.2, 0.25) is 0 Å². The summed E-state index contributed by atoms with van der Waals surface area (Å²) in [5, 5.41) is 3.20. The molecule has 2 aliphatic heterocycles. The van der Waals surface area contributed by atoms with Gasteiger partial charge >= 0.3 is 0 Å². The molecule has 0 bridgehead atoms. The molecule has 126 valence electrons. The number of hydrogen-bond acceptors (Lipinski definition) is 3. The highest BCUT2D eigenvalue weighted by atomic mass is 16.2. The molecule has 2 heterocycles. The number of nitrogens with zero attached hydrogens (tertiary/aromatic N) is 2. The van der Waals surface area contributed by atoms with Gasteiger partial charge in [0.2, 0.25) is 5.91 Å². The van der Waals surface area contributed by atoms with E-state index >= 15 is 0 Å². The van der Waals surface area contributed by atoms with Crippen LogP contribution in [0.1, 0.15) is 52.4 Å². The van der Waals surface area contributed by atoms with Crippen LogP contribution in [0.4, 0.5) is 0 Å². The van der Waals surface area contributed by atoms with Gasteiger partial charge in [-0.15, -0.1) is 0 Å². The maximum absolute atomic E-state index is 12.3. The fourth-order valence-corrected chi connectivity index (χ4v) is 4.08. The first kappa shape index (κ1) is 16.3. The van der Waals surface area contributed by atoms with E-state index in [0.717, 1.165) is 18.9 Å². The molecule has 4 heteroatoms. The topological polar surface area (TPSA) is 35.6 Å². The van der Waals surface area contributed by atoms with Crippen molar-refractivity contribution in [3.05, 3.63) is 0 Å². The molecular formula is C18H33N3O. The van der Waals surface area contributed by atoms with E-state index in [1.54, 1.807) is 0 Å². The van der Waals surface area contributed by atoms with Crippen LogP contribution in [0.3, 0.4) is 0 Å². The molecule has 3 fully saturated rings. The van der Waals surface area contributed by atoms with Crippen molar-refractivity contribution >= 4 is 5.91 Å². The van der Waals surface area contributed by atoms with Gasteiger partial charge in [0.15, 0.2) is 0 Å². The van der Waals surface area contributed by atoms with Crippen LogP contribution in [0.15, 0.2) is 0 Å². The van der Waals surface area contributed by atoms with E-state index in [1.165, 1.54) is 58.3 Å². The molecule has 0 aromatic carbocycles. The summed E-state index contributed by atoms with van der Waals surface area (Å²) < 4.78 is 0. The Morgan fingerprint density at radius 2 is 1.82 bits per heavy atom. The number of hydrogen-bond donors (Lipinski definition) is 1. The van der Waals surface area contributed by atoms with Crippen molar-refractivity contribution in [1.29, 1.82) is 0 Å². The van der Waals surface area contributed by atoms with Crippen molar-refractivity contribution in [3.8, 4) is 0 Å². The maximum Gasteiger partial charge on any atom is 0.224 e. The SMILES string of the molecule is CC(C)CN1CCC(N2CCC[C@@H](C(=O)NC3CC3)C2)CC1. The Labute approximate surface area is 135 Å². The average molecular weight is 307 g/mol. The van der Waals surface area contributed by atoms with E-state index < -0.39 is 0 Å². The summed E-state index contributed by atoms with van der Waals surface area (Å²) in [6, 6.07) is 1.21. The largest absolute Gasteiger partial charge is 0.353 e. The van der Waals surface area contributed by atoms with Crippen LogP contribution in [-0.4, -0.2) is 60.5 Å². The first-order chi connectivity index (χ1) is 10.6. The zero-order valence-electron chi connectivity index (χ0n) is 14.4. The van der Waals surface area contributed by atoms with Crippen LogP contribution in [0.25, 0.3) is 0 Å². The highest BCUT2D eigenvalue weighted by molar-refractivity contribution is 5.79. The third-order valence-electron chi connectivity index (χ3n) is 5.44. The van der Waals surface area contributed by atoms with Crippen LogP contribution < -0.4 is 5.32 Å². The lowest BCUT2D eigenvalue weighted by Gasteiger charge is -2.42. The number of carbonyl (C=O) groups is 1. The van der Waals surface area contributed by atoms with Gasteiger partial charge in [-0.05, 0) is 64.1 Å². The molecule has 0 aromatic rings. The highest BCUT2D eigenvalue weighted by Crippen LogP contribution is 2.26. The molecule has 0 spiro atoms. The molecule has 3 aliphatic rings. The molecule has 4 nitrogen and oxygen atoms in total. The monoisotopic (exact) mass is 307 g/mol. The van der Waals surface area contributed by atoms with Gasteiger partial charge < -0.3 is 10.2 Å². The van der Waals surface area contributed by atoms with E-state index in [0.29, 0.717) is 18.0 Å². The number of nitrogens with one attached hydrogen (secondary N) is 1. The summed E-state index contributed by atoms with van der Waals surface area (Å²) >= 11 is 0. The van der Waals surface area contributed by atoms with Gasteiger partial charge in [-0.25, -0.2) is 0 Å². The molecule has 1 saturated carbocycles. The van der Waals surface area contributed by atoms with E-state index in [-0.39, 0.29) is 5.92 Å². The number of piperidine rings is 2. The first-order valence-electron chi connectivity index (χ1n) is 9.38. The Morgan fingerprint density at radius 3 is 2.45 bits per heavy atom. The third-order valence-corrected chi connectivity index (χ3v) is 5.44. The van der Waals surface area contributed by atoms with Gasteiger partial charge in [-0.3, -0.25) is 9.69 Å². The van der Waals surface area contributed by atoms with Crippen molar-refractivity contribution in [2.75, 3.05) is 32.7 Å². The predicted octanol–water partition coefficient (Wildman–Crippen LogP) is 2.10. The minimum atomic E-state index is 0.239. The van der Waals surface area contributed by atoms with Gasteiger partial charge in [0.25, 0.3) is 0 Å². The predicted molar refractivity (Wildman–Crippen MR) is 89.8 cm³/mol. The summed E-state index contributed by atoms with van der Waals surface area (Å²) in [6.07, 6.45) is 7.22. The average Bonchev–Trinajstić information content (AvgIpc) is 3.31. The van der Waals surface area contributed by atoms with Crippen molar-refractivity contribution < 1.29 is 4.79 Å². The van der Waals surface area contributed by atoms with Gasteiger partial charge in [0.05, 0.1) is 5.92 Å². The minimum absolute atomic E-state index is 0.239. The minimum Gasteiger partial charge on any atom is -0.353 e. The molecule has 22 heavy (non-hydrogen) atoms. The molecule has 0 unspecified atom stereocenters. The van der Waals surface area contributed by atoms with Crippen LogP contribution in [0, 0.1) is 11.8 Å². The summed E-state index contributed by atoms with van der Waals surface area (Å²) in [5.74, 6) is 1.33. The van der Waals surface area contributed by atoms with E-state index in [1.807, 2.05) is 0 Å². The molecule has 1 N–H and O–H groups in total. The fourth-order valence-electron chi connectivity index (χ4n) is 4.08. The normalized spacial score (nSPS) is 29.0. The lowest BCUT2D eigenvalue weighted by atomic mass is 9.93. The molecule has 0 radical (unpaired) electrons. The Morgan fingerprint density at radius 1 is 1.09 bits per heavy atom. The molecule has 2 saturated heterocycles. The second-order valence-electron chi connectivity index (χ2n) is 8.04. The van der Waals surface area contributed by atoms with E-state index in [2.05, 4.69) is 29.0 Å². The van der Waals surface area contributed by atoms with Crippen LogP contribution >= 0.6 is 0 Å². The Kier molecular flexibility index (Phi) is 5.40. The fraction of sp³-hybridized carbons (Fsp3) is 0.944. The number of carbonyl (C=O) groups excluding carboxylic acids is 1. The van der Waals surface area contributed by atoms with Crippen molar-refractivity contribution in [2.45, 2.75) is 64.5 Å². The maximum atomic E-state index is 12.3. The molecule has 1 amide bonds. The Hall–Kier alpha value is -0.610. The van der Waals surface area contributed by atoms with Crippen LogP contribution in [0.5, 0.6) is 0 Å². The standard InChI is InChI=1S/C18H33N3O/c1-14(2)12-20-10-7-17(8-11-20)21-9-3-4-15(13-21)18(22)19-16-5-6-16/h14-17H,3-13H2,1-2H3,(H,19,22)/t15-/m1/s1. The third kappa shape index (κ3) is 4.45. The van der Waals surface area contributed by atoms with Crippen molar-refractivity contribution in [1.82, 2.24) is 15.1 Å². The molecule has 0 aromatic heterocycles. The van der Waals surface area contributed by atoms with Gasteiger partial charge in [-0.1, -0.05) is 13.8 Å². The smallest absolute Gasteiger partial charge is 0.224 e. The van der Waals surface area contributed by atoms with Crippen molar-refractivity contribution in [2.24, 2.45) is 11.8 Å². The van der Waals surface area contributed by atoms with Crippen molar-refractivity contribution in [3.63, 3.8) is 0 Å². The molecular weight excluding hydrogens is 274 g/mol. The quantitative estimate of drug-likeness (QED) is 0.845. The number of likely N-dealkylation sites (tertiary alicyclic amines) is 2. The van der Waals surface area contributed by atoms with Gasteiger partial charge in [0, 0.05) is 25.2 Å². The van der Waals surface area contributed by atoms with E-state index in [9.17, 15) is 4.79 Å². The summed E-state index contributed by atoms with van der Waals surface area (Å²) in [4.78, 5) is 17.5. The van der Waals surface area contributed by atoms with Crippen LogP contribution in [-0.2, 0) is 4.79 Å². The van der Waals surface area contributed by atoms with Gasteiger partial charge in [-0.2, -0.15) is 0 Å². The summed E-state index contributed by atoms with van der Waals surface area (Å²) in [7, 11) is 0. The number of rotatable bonds is 5. The Balaban J connectivity index is 1.45. The highest BCUT2D eigenvalue weighted by Gasteiger charge is 2.33. The molecule has 1 aliphatic carbocycles. The molecule has 1 atom stereocenters. The summed E-state index contributed by atoms with van der Waals surface area (Å²) in [5.41, 5.74) is 0. The lowest BCUT2D eigenvalue weighted by Crippen LogP contribution is -2.51.